The van der Waals surface area contributed by atoms with E-state index in [1.54, 1.807) is 17.0 Å². The van der Waals surface area contributed by atoms with Gasteiger partial charge in [0.15, 0.2) is 14.9 Å². The molecule has 0 bridgehead atoms. The third kappa shape index (κ3) is 5.33. The second kappa shape index (κ2) is 8.92. The van der Waals surface area contributed by atoms with Crippen molar-refractivity contribution in [1.82, 2.24) is 5.32 Å². The summed E-state index contributed by atoms with van der Waals surface area (Å²) < 4.78 is 23.2. The van der Waals surface area contributed by atoms with Gasteiger partial charge in [-0.15, -0.1) is 0 Å². The van der Waals surface area contributed by atoms with Gasteiger partial charge in [-0.2, -0.15) is 0 Å². The van der Waals surface area contributed by atoms with E-state index in [2.05, 4.69) is 10.6 Å². The minimum Gasteiger partial charge on any atom is -0.356 e. The largest absolute Gasteiger partial charge is 0.356 e. The average Bonchev–Trinajstić information content (AvgIpc) is 3.12. The number of amides is 1. The van der Waals surface area contributed by atoms with E-state index < -0.39 is 9.84 Å². The number of nitrogens with zero attached hydrogens (tertiary/aromatic N) is 1. The van der Waals surface area contributed by atoms with Gasteiger partial charge in [0.2, 0.25) is 5.91 Å². The van der Waals surface area contributed by atoms with Crippen molar-refractivity contribution in [2.75, 3.05) is 23.0 Å². The van der Waals surface area contributed by atoms with E-state index in [9.17, 15) is 13.2 Å². The van der Waals surface area contributed by atoms with Crippen molar-refractivity contribution in [2.45, 2.75) is 37.1 Å². The summed E-state index contributed by atoms with van der Waals surface area (Å²) >= 11 is 5.44. The lowest BCUT2D eigenvalue weighted by Crippen LogP contribution is -2.32. The first-order valence-corrected chi connectivity index (χ1v) is 11.9. The monoisotopic (exact) mass is 431 g/mol. The first kappa shape index (κ1) is 21.3. The van der Waals surface area contributed by atoms with Crippen LogP contribution in [-0.2, 0) is 14.6 Å². The average molecular weight is 432 g/mol. The van der Waals surface area contributed by atoms with Crippen LogP contribution in [0.1, 0.15) is 37.8 Å². The van der Waals surface area contributed by atoms with Gasteiger partial charge in [0, 0.05) is 30.6 Å². The highest BCUT2D eigenvalue weighted by molar-refractivity contribution is 7.90. The Balaban J connectivity index is 1.62. The number of anilines is 2. The van der Waals surface area contributed by atoms with E-state index in [0.29, 0.717) is 16.4 Å². The van der Waals surface area contributed by atoms with Gasteiger partial charge in [0.1, 0.15) is 0 Å². The molecule has 2 aromatic rings. The lowest BCUT2D eigenvalue weighted by atomic mass is 10.1. The van der Waals surface area contributed by atoms with Crippen LogP contribution in [0.3, 0.4) is 0 Å². The number of hydrogen-bond acceptors (Lipinski definition) is 4. The third-order valence-corrected chi connectivity index (χ3v) is 6.28. The van der Waals surface area contributed by atoms with Crippen molar-refractivity contribution in [3.05, 3.63) is 54.1 Å². The van der Waals surface area contributed by atoms with Crippen molar-refractivity contribution in [2.24, 2.45) is 0 Å². The molecule has 0 aliphatic carbocycles. The maximum absolute atomic E-state index is 11.8. The molecule has 1 fully saturated rings. The Kier molecular flexibility index (Phi) is 6.54. The molecule has 2 N–H and O–H groups in total. The normalized spacial score (nSPS) is 15.2. The van der Waals surface area contributed by atoms with Crippen LogP contribution in [-0.4, -0.2) is 32.2 Å². The van der Waals surface area contributed by atoms with Crippen LogP contribution in [0.5, 0.6) is 0 Å². The molecule has 3 rings (SSSR count). The van der Waals surface area contributed by atoms with Crippen LogP contribution in [0.2, 0.25) is 0 Å². The second-order valence-corrected chi connectivity index (χ2v) is 9.52. The van der Waals surface area contributed by atoms with Crippen LogP contribution in [0.15, 0.2) is 53.4 Å². The zero-order chi connectivity index (χ0) is 21.0. The lowest BCUT2D eigenvalue weighted by Gasteiger charge is -2.21. The minimum absolute atomic E-state index is 0.0369. The molecule has 1 saturated heterocycles. The molecule has 0 unspecified atom stereocenters. The van der Waals surface area contributed by atoms with Crippen LogP contribution in [0, 0.1) is 0 Å². The number of benzene rings is 2. The predicted octanol–water partition coefficient (Wildman–Crippen LogP) is 3.65. The van der Waals surface area contributed by atoms with E-state index in [0.717, 1.165) is 36.3 Å². The van der Waals surface area contributed by atoms with Gasteiger partial charge in [-0.1, -0.05) is 19.1 Å². The van der Waals surface area contributed by atoms with E-state index in [4.69, 9.17) is 12.2 Å². The number of hydrogen-bond donors (Lipinski definition) is 2. The Morgan fingerprint density at radius 3 is 2.31 bits per heavy atom. The molecule has 1 amide bonds. The molecule has 1 atom stereocenters. The summed E-state index contributed by atoms with van der Waals surface area (Å²) in [6.45, 7) is 2.80. The highest BCUT2D eigenvalue weighted by Gasteiger charge is 2.21. The standard InChI is InChI=1S/C21H25N3O3S2/c1-3-19(15-6-12-18(13-7-15)29(2,26)27)23-21(28)22-16-8-10-17(11-9-16)24-14-4-5-20(24)25/h6-13,19H,3-5,14H2,1-2H3,(H2,22,23,28)/t19-/m0/s1. The minimum atomic E-state index is -3.21. The van der Waals surface area contributed by atoms with E-state index in [-0.39, 0.29) is 11.9 Å². The number of thiocarbonyl (C=S) groups is 1. The summed E-state index contributed by atoms with van der Waals surface area (Å²) in [6, 6.07) is 14.4. The molecule has 2 aromatic carbocycles. The number of rotatable bonds is 6. The van der Waals surface area contributed by atoms with Gasteiger partial charge in [0.05, 0.1) is 10.9 Å². The first-order valence-electron chi connectivity index (χ1n) is 9.56. The molecule has 8 heteroatoms. The molecule has 0 spiro atoms. The topological polar surface area (TPSA) is 78.5 Å². The maximum atomic E-state index is 11.8. The van der Waals surface area contributed by atoms with Gasteiger partial charge in [0.25, 0.3) is 0 Å². The Hall–Kier alpha value is -2.45. The lowest BCUT2D eigenvalue weighted by molar-refractivity contribution is -0.117. The summed E-state index contributed by atoms with van der Waals surface area (Å²) in [5.41, 5.74) is 2.70. The van der Waals surface area contributed by atoms with E-state index >= 15 is 0 Å². The highest BCUT2D eigenvalue weighted by Crippen LogP contribution is 2.23. The highest BCUT2D eigenvalue weighted by atomic mass is 32.2. The van der Waals surface area contributed by atoms with Crippen LogP contribution < -0.4 is 15.5 Å². The predicted molar refractivity (Wildman–Crippen MR) is 120 cm³/mol. The maximum Gasteiger partial charge on any atom is 0.227 e. The Morgan fingerprint density at radius 2 is 1.79 bits per heavy atom. The third-order valence-electron chi connectivity index (χ3n) is 4.93. The van der Waals surface area contributed by atoms with Gasteiger partial charge >= 0.3 is 0 Å². The second-order valence-electron chi connectivity index (χ2n) is 7.10. The van der Waals surface area contributed by atoms with Crippen molar-refractivity contribution in [3.63, 3.8) is 0 Å². The molecule has 154 valence electrons. The SMILES string of the molecule is CC[C@H](NC(=S)Nc1ccc(N2CCCC2=O)cc1)c1ccc(S(C)(=O)=O)cc1. The molecule has 0 aromatic heterocycles. The van der Waals surface area contributed by atoms with Crippen molar-refractivity contribution < 1.29 is 13.2 Å². The van der Waals surface area contributed by atoms with E-state index in [1.807, 2.05) is 43.3 Å². The smallest absolute Gasteiger partial charge is 0.227 e. The first-order chi connectivity index (χ1) is 13.8. The molecule has 29 heavy (non-hydrogen) atoms. The summed E-state index contributed by atoms with van der Waals surface area (Å²) in [5.74, 6) is 0.163. The molecule has 1 aliphatic rings. The Bertz CT molecular complexity index is 987. The number of carbonyl (C=O) groups excluding carboxylic acids is 1. The quantitative estimate of drug-likeness (QED) is 0.680. The Labute approximate surface area is 177 Å². The molecule has 6 nitrogen and oxygen atoms in total. The van der Waals surface area contributed by atoms with Crippen LogP contribution in [0.25, 0.3) is 0 Å². The van der Waals surface area contributed by atoms with Crippen molar-refractivity contribution >= 4 is 44.4 Å². The molecule has 1 aliphatic heterocycles. The zero-order valence-electron chi connectivity index (χ0n) is 16.5. The van der Waals surface area contributed by atoms with Gasteiger partial charge in [-0.05, 0) is 67.0 Å². The van der Waals surface area contributed by atoms with Gasteiger partial charge < -0.3 is 15.5 Å². The van der Waals surface area contributed by atoms with E-state index in [1.165, 1.54) is 6.26 Å². The van der Waals surface area contributed by atoms with Crippen LogP contribution >= 0.6 is 12.2 Å². The van der Waals surface area contributed by atoms with Crippen molar-refractivity contribution in [3.8, 4) is 0 Å². The summed E-state index contributed by atoms with van der Waals surface area (Å²) in [4.78, 5) is 13.9. The van der Waals surface area contributed by atoms with Crippen LogP contribution in [0.4, 0.5) is 11.4 Å². The summed E-state index contributed by atoms with van der Waals surface area (Å²) in [7, 11) is -3.21. The molecular weight excluding hydrogens is 406 g/mol. The molecule has 1 heterocycles. The summed E-state index contributed by atoms with van der Waals surface area (Å²) in [5, 5.41) is 6.92. The Morgan fingerprint density at radius 1 is 1.14 bits per heavy atom. The van der Waals surface area contributed by atoms with Crippen molar-refractivity contribution in [1.29, 1.82) is 0 Å². The number of nitrogens with one attached hydrogen (secondary N) is 2. The van der Waals surface area contributed by atoms with Gasteiger partial charge in [-0.25, -0.2) is 8.42 Å². The zero-order valence-corrected chi connectivity index (χ0v) is 18.1. The fourth-order valence-electron chi connectivity index (χ4n) is 3.34. The summed E-state index contributed by atoms with van der Waals surface area (Å²) in [6.07, 6.45) is 3.49. The molecule has 0 saturated carbocycles. The molecule has 0 radical (unpaired) electrons. The number of sulfone groups is 1. The molecular formula is C21H25N3O3S2. The van der Waals surface area contributed by atoms with Gasteiger partial charge in [-0.3, -0.25) is 4.79 Å². The fraction of sp³-hybridized carbons (Fsp3) is 0.333. The number of carbonyl (C=O) groups is 1. The fourth-order valence-corrected chi connectivity index (χ4v) is 4.23.